The number of carboxylic acids is 1. The van der Waals surface area contributed by atoms with Gasteiger partial charge in [-0.2, -0.15) is 0 Å². The molecule has 0 heterocycles. The van der Waals surface area contributed by atoms with Crippen LogP contribution < -0.4 is 10.6 Å². The lowest BCUT2D eigenvalue weighted by atomic mass is 9.87. The van der Waals surface area contributed by atoms with Crippen LogP contribution in [0.3, 0.4) is 0 Å². The molecule has 0 saturated heterocycles. The zero-order valence-corrected chi connectivity index (χ0v) is 17.1. The number of hydrogen-bond acceptors (Lipinski definition) is 4. The SMILES string of the molecule is COC(=O)C(C)(C)CCCCNC(=S)NCCCCC(C)(C)C(=O)O. The molecule has 0 aliphatic carbocycles. The zero-order valence-electron chi connectivity index (χ0n) is 16.2. The number of thiocarbonyl (C=S) groups is 1. The number of carbonyl (C=O) groups excluding carboxylic acids is 1. The molecule has 0 aliphatic heterocycles. The van der Waals surface area contributed by atoms with Crippen LogP contribution in [0, 0.1) is 10.8 Å². The highest BCUT2D eigenvalue weighted by molar-refractivity contribution is 7.80. The van der Waals surface area contributed by atoms with Crippen LogP contribution in [0.4, 0.5) is 0 Å². The first-order valence-corrected chi connectivity index (χ1v) is 9.27. The summed E-state index contributed by atoms with van der Waals surface area (Å²) in [5.74, 6) is -0.934. The van der Waals surface area contributed by atoms with E-state index in [1.54, 1.807) is 13.8 Å². The van der Waals surface area contributed by atoms with Crippen molar-refractivity contribution in [2.45, 2.75) is 66.2 Å². The molecule has 146 valence electrons. The Labute approximate surface area is 157 Å². The van der Waals surface area contributed by atoms with E-state index in [-0.39, 0.29) is 5.97 Å². The van der Waals surface area contributed by atoms with E-state index in [9.17, 15) is 9.59 Å². The third-order valence-corrected chi connectivity index (χ3v) is 4.63. The number of hydrogen-bond donors (Lipinski definition) is 3. The number of ether oxygens (including phenoxy) is 1. The lowest BCUT2D eigenvalue weighted by molar-refractivity contribution is -0.151. The van der Waals surface area contributed by atoms with Gasteiger partial charge >= 0.3 is 11.9 Å². The summed E-state index contributed by atoms with van der Waals surface area (Å²) in [6.07, 6.45) is 5.00. The van der Waals surface area contributed by atoms with Gasteiger partial charge in [0.15, 0.2) is 5.11 Å². The van der Waals surface area contributed by atoms with Crippen molar-refractivity contribution in [3.8, 4) is 0 Å². The summed E-state index contributed by atoms with van der Waals surface area (Å²) in [5, 5.41) is 15.9. The molecule has 0 rings (SSSR count). The van der Waals surface area contributed by atoms with Crippen molar-refractivity contribution in [3.63, 3.8) is 0 Å². The standard InChI is InChI=1S/C18H34N2O4S/c1-17(2,14(21)22)10-6-8-12-19-16(25)20-13-9-7-11-18(3,4)15(23)24-5/h6-13H2,1-5H3,(H,21,22)(H2,19,20,25). The van der Waals surface area contributed by atoms with Crippen LogP contribution in [0.1, 0.15) is 66.2 Å². The lowest BCUT2D eigenvalue weighted by Crippen LogP contribution is -2.36. The number of carboxylic acid groups (broad SMARTS) is 1. The van der Waals surface area contributed by atoms with Crippen LogP contribution in [-0.2, 0) is 14.3 Å². The van der Waals surface area contributed by atoms with Crippen molar-refractivity contribution in [3.05, 3.63) is 0 Å². The van der Waals surface area contributed by atoms with Crippen LogP contribution in [0.25, 0.3) is 0 Å². The van der Waals surface area contributed by atoms with Gasteiger partial charge in [-0.1, -0.05) is 12.8 Å². The molecule has 0 aliphatic rings. The van der Waals surface area contributed by atoms with E-state index in [0.29, 0.717) is 11.5 Å². The van der Waals surface area contributed by atoms with Gasteiger partial charge in [0.1, 0.15) is 0 Å². The molecule has 0 atom stereocenters. The van der Waals surface area contributed by atoms with Gasteiger partial charge in [-0.3, -0.25) is 9.59 Å². The number of methoxy groups -OCH3 is 1. The maximum absolute atomic E-state index is 11.6. The molecule has 0 bridgehead atoms. The van der Waals surface area contributed by atoms with E-state index in [0.717, 1.165) is 45.2 Å². The number of aliphatic carboxylic acids is 1. The summed E-state index contributed by atoms with van der Waals surface area (Å²) < 4.78 is 4.79. The molecule has 0 amide bonds. The molecule has 0 radical (unpaired) electrons. The average Bonchev–Trinajstić information content (AvgIpc) is 2.52. The van der Waals surface area contributed by atoms with E-state index < -0.39 is 16.8 Å². The Balaban J connectivity index is 3.69. The van der Waals surface area contributed by atoms with E-state index >= 15 is 0 Å². The van der Waals surface area contributed by atoms with Gasteiger partial charge in [0.25, 0.3) is 0 Å². The first-order valence-electron chi connectivity index (χ1n) is 8.86. The van der Waals surface area contributed by atoms with Gasteiger partial charge in [-0.15, -0.1) is 0 Å². The Morgan fingerprint density at radius 3 is 1.76 bits per heavy atom. The van der Waals surface area contributed by atoms with Crippen LogP contribution in [0.15, 0.2) is 0 Å². The van der Waals surface area contributed by atoms with Gasteiger partial charge in [0.05, 0.1) is 17.9 Å². The summed E-state index contributed by atoms with van der Waals surface area (Å²) in [5.41, 5.74) is -1.12. The highest BCUT2D eigenvalue weighted by Gasteiger charge is 2.27. The van der Waals surface area contributed by atoms with Gasteiger partial charge < -0.3 is 20.5 Å². The third kappa shape index (κ3) is 10.3. The first kappa shape index (κ1) is 23.6. The van der Waals surface area contributed by atoms with Crippen LogP contribution >= 0.6 is 12.2 Å². The molecular weight excluding hydrogens is 340 g/mol. The predicted molar refractivity (Wildman–Crippen MR) is 104 cm³/mol. The fourth-order valence-corrected chi connectivity index (χ4v) is 2.54. The summed E-state index contributed by atoms with van der Waals surface area (Å²) in [6.45, 7) is 8.77. The number of esters is 1. The molecule has 0 unspecified atom stereocenters. The fraction of sp³-hybridized carbons (Fsp3) is 0.833. The Morgan fingerprint density at radius 1 is 0.920 bits per heavy atom. The normalized spacial score (nSPS) is 11.7. The van der Waals surface area contributed by atoms with Crippen LogP contribution in [0.2, 0.25) is 0 Å². The van der Waals surface area contributed by atoms with Gasteiger partial charge in [0, 0.05) is 13.1 Å². The number of nitrogens with one attached hydrogen (secondary N) is 2. The molecule has 25 heavy (non-hydrogen) atoms. The summed E-state index contributed by atoms with van der Waals surface area (Å²) in [4.78, 5) is 22.6. The first-order chi connectivity index (χ1) is 11.5. The van der Waals surface area contributed by atoms with Crippen LogP contribution in [0.5, 0.6) is 0 Å². The smallest absolute Gasteiger partial charge is 0.311 e. The molecule has 0 saturated carbocycles. The maximum atomic E-state index is 11.6. The van der Waals surface area contributed by atoms with Gasteiger partial charge in [-0.05, 0) is 65.6 Å². The number of unbranched alkanes of at least 4 members (excludes halogenated alkanes) is 2. The van der Waals surface area contributed by atoms with Gasteiger partial charge in [-0.25, -0.2) is 0 Å². The van der Waals surface area contributed by atoms with Crippen molar-refractivity contribution >= 4 is 29.3 Å². The predicted octanol–water partition coefficient (Wildman–Crippen LogP) is 3.10. The van der Waals surface area contributed by atoms with Crippen molar-refractivity contribution in [2.75, 3.05) is 20.2 Å². The molecule has 0 aromatic heterocycles. The minimum Gasteiger partial charge on any atom is -0.481 e. The topological polar surface area (TPSA) is 87.7 Å². The van der Waals surface area contributed by atoms with Crippen molar-refractivity contribution in [1.29, 1.82) is 0 Å². The van der Waals surface area contributed by atoms with Crippen LogP contribution in [-0.4, -0.2) is 42.4 Å². The molecular formula is C18H34N2O4S. The molecule has 0 aromatic carbocycles. The molecule has 3 N–H and O–H groups in total. The van der Waals surface area contributed by atoms with E-state index in [4.69, 9.17) is 22.1 Å². The largest absolute Gasteiger partial charge is 0.481 e. The molecule has 0 fully saturated rings. The Morgan fingerprint density at radius 2 is 1.36 bits per heavy atom. The summed E-state index contributed by atoms with van der Waals surface area (Å²) in [7, 11) is 1.42. The molecule has 7 heteroatoms. The maximum Gasteiger partial charge on any atom is 0.311 e. The fourth-order valence-electron chi connectivity index (χ4n) is 2.34. The van der Waals surface area contributed by atoms with E-state index in [1.807, 2.05) is 13.8 Å². The quantitative estimate of drug-likeness (QED) is 0.275. The Hall–Kier alpha value is -1.37. The summed E-state index contributed by atoms with van der Waals surface area (Å²) >= 11 is 5.21. The third-order valence-electron chi connectivity index (χ3n) is 4.35. The number of carbonyl (C=O) groups is 2. The summed E-state index contributed by atoms with van der Waals surface area (Å²) in [6, 6.07) is 0. The monoisotopic (exact) mass is 374 g/mol. The minimum atomic E-state index is -0.756. The Kier molecular flexibility index (Phi) is 10.7. The van der Waals surface area contributed by atoms with E-state index in [2.05, 4.69) is 10.6 Å². The van der Waals surface area contributed by atoms with Crippen molar-refractivity contribution < 1.29 is 19.4 Å². The average molecular weight is 375 g/mol. The van der Waals surface area contributed by atoms with Crippen molar-refractivity contribution in [1.82, 2.24) is 10.6 Å². The molecule has 0 aromatic rings. The highest BCUT2D eigenvalue weighted by atomic mass is 32.1. The second kappa shape index (κ2) is 11.3. The number of rotatable bonds is 12. The second-order valence-corrected chi connectivity index (χ2v) is 8.07. The molecule has 0 spiro atoms. The lowest BCUT2D eigenvalue weighted by Gasteiger charge is -2.21. The molecule has 6 nitrogen and oxygen atoms in total. The van der Waals surface area contributed by atoms with Gasteiger partial charge in [0.2, 0.25) is 0 Å². The highest BCUT2D eigenvalue weighted by Crippen LogP contribution is 2.24. The zero-order chi connectivity index (χ0) is 19.5. The minimum absolute atomic E-state index is 0.177. The van der Waals surface area contributed by atoms with Crippen molar-refractivity contribution in [2.24, 2.45) is 10.8 Å². The second-order valence-electron chi connectivity index (χ2n) is 7.66. The van der Waals surface area contributed by atoms with E-state index in [1.165, 1.54) is 7.11 Å². The Bertz CT molecular complexity index is 450.